The third-order valence-corrected chi connectivity index (χ3v) is 6.41. The quantitative estimate of drug-likeness (QED) is 0.505. The number of nitrogens with two attached hydrogens (primary N) is 1. The van der Waals surface area contributed by atoms with Crippen molar-refractivity contribution in [2.75, 3.05) is 20.3 Å². The Kier molecular flexibility index (Phi) is 7.56. The zero-order valence-corrected chi connectivity index (χ0v) is 18.5. The molecule has 0 radical (unpaired) electrons. The van der Waals surface area contributed by atoms with Gasteiger partial charge in [0.1, 0.15) is 5.75 Å². The highest BCUT2D eigenvalue weighted by Gasteiger charge is 2.38. The summed E-state index contributed by atoms with van der Waals surface area (Å²) in [5.74, 6) is 1.43. The van der Waals surface area contributed by atoms with Gasteiger partial charge in [0, 0.05) is 25.0 Å². The maximum atomic E-state index is 10.9. The van der Waals surface area contributed by atoms with Crippen LogP contribution < -0.4 is 10.5 Å². The number of phosphoric ester groups is 1. The molecule has 1 aromatic carbocycles. The zero-order chi connectivity index (χ0) is 21.8. The van der Waals surface area contributed by atoms with Crippen LogP contribution in [-0.2, 0) is 13.8 Å². The van der Waals surface area contributed by atoms with Crippen LogP contribution in [0.25, 0.3) is 0 Å². The first-order chi connectivity index (χ1) is 14.2. The molecule has 3 rings (SSSR count). The van der Waals surface area contributed by atoms with E-state index in [0.717, 1.165) is 24.2 Å². The van der Waals surface area contributed by atoms with E-state index in [9.17, 15) is 4.57 Å². The highest BCUT2D eigenvalue weighted by molar-refractivity contribution is 7.46. The van der Waals surface area contributed by atoms with E-state index >= 15 is 0 Å². The molecule has 30 heavy (non-hydrogen) atoms. The molecule has 0 aromatic heterocycles. The van der Waals surface area contributed by atoms with Gasteiger partial charge in [-0.3, -0.25) is 4.52 Å². The molecule has 166 valence electrons. The minimum absolute atomic E-state index is 0.136. The maximum absolute atomic E-state index is 10.9. The molecule has 1 fully saturated rings. The van der Waals surface area contributed by atoms with Crippen LogP contribution in [0.1, 0.15) is 44.1 Å². The fourth-order valence-corrected chi connectivity index (χ4v) is 4.67. The number of phosphoric acid groups is 1. The second kappa shape index (κ2) is 9.77. The van der Waals surface area contributed by atoms with E-state index in [4.69, 9.17) is 25.0 Å². The van der Waals surface area contributed by atoms with E-state index in [1.165, 1.54) is 5.57 Å². The lowest BCUT2D eigenvalue weighted by molar-refractivity contribution is 0.111. The summed E-state index contributed by atoms with van der Waals surface area (Å²) in [7, 11) is -2.77. The summed E-state index contributed by atoms with van der Waals surface area (Å²) in [6, 6.07) is 8.01. The summed E-state index contributed by atoms with van der Waals surface area (Å²) in [4.78, 5) is 17.8. The van der Waals surface area contributed by atoms with Crippen molar-refractivity contribution in [2.24, 2.45) is 11.7 Å². The molecule has 0 spiro atoms. The third-order valence-electron chi connectivity index (χ3n) is 5.94. The SMILES string of the molecule is COC1C=CC(CCOc2ccc([C@@H]3CC[C@](N)(COP(=O)(O)O)C3)cc2)=CC1C. The number of rotatable bonds is 9. The van der Waals surface area contributed by atoms with E-state index in [0.29, 0.717) is 25.4 Å². The Hall–Kier alpha value is -1.47. The minimum Gasteiger partial charge on any atom is -0.493 e. The lowest BCUT2D eigenvalue weighted by atomic mass is 9.93. The molecule has 8 heteroatoms. The van der Waals surface area contributed by atoms with E-state index in [1.54, 1.807) is 7.11 Å². The van der Waals surface area contributed by atoms with Crippen LogP contribution in [0.3, 0.4) is 0 Å². The van der Waals surface area contributed by atoms with Crippen molar-refractivity contribution in [1.82, 2.24) is 0 Å². The molecular formula is C22H32NO6P. The Balaban J connectivity index is 1.46. The first kappa shape index (κ1) is 23.2. The number of hydrogen-bond acceptors (Lipinski definition) is 5. The Morgan fingerprint density at radius 1 is 1.27 bits per heavy atom. The van der Waals surface area contributed by atoms with Crippen LogP contribution >= 0.6 is 7.82 Å². The normalized spacial score (nSPS) is 29.1. The van der Waals surface area contributed by atoms with Crippen molar-refractivity contribution >= 4 is 7.82 Å². The van der Waals surface area contributed by atoms with Gasteiger partial charge in [-0.05, 0) is 48.4 Å². The fraction of sp³-hybridized carbons (Fsp3) is 0.545. The number of hydrogen-bond donors (Lipinski definition) is 3. The predicted octanol–water partition coefficient (Wildman–Crippen LogP) is 3.68. The first-order valence-corrected chi connectivity index (χ1v) is 11.8. The summed E-state index contributed by atoms with van der Waals surface area (Å²) >= 11 is 0. The monoisotopic (exact) mass is 437 g/mol. The molecule has 2 unspecified atom stereocenters. The predicted molar refractivity (Wildman–Crippen MR) is 115 cm³/mol. The van der Waals surface area contributed by atoms with E-state index in [-0.39, 0.29) is 18.6 Å². The molecule has 0 bridgehead atoms. The van der Waals surface area contributed by atoms with Gasteiger partial charge in [0.2, 0.25) is 0 Å². The number of methoxy groups -OCH3 is 1. The van der Waals surface area contributed by atoms with Gasteiger partial charge in [-0.15, -0.1) is 0 Å². The van der Waals surface area contributed by atoms with Gasteiger partial charge in [-0.1, -0.05) is 37.3 Å². The zero-order valence-electron chi connectivity index (χ0n) is 17.6. The third kappa shape index (κ3) is 6.51. The molecule has 1 saturated carbocycles. The van der Waals surface area contributed by atoms with Crippen molar-refractivity contribution in [3.63, 3.8) is 0 Å². The lowest BCUT2D eigenvalue weighted by Crippen LogP contribution is -2.41. The molecule has 2 aliphatic rings. The Labute approximate surface area is 178 Å². The maximum Gasteiger partial charge on any atom is 0.469 e. The summed E-state index contributed by atoms with van der Waals surface area (Å²) in [5.41, 5.74) is 7.98. The van der Waals surface area contributed by atoms with Crippen molar-refractivity contribution in [3.8, 4) is 5.75 Å². The first-order valence-electron chi connectivity index (χ1n) is 10.3. The standard InChI is InChI=1S/C22H32NO6P/c1-16-13-17(3-8-21(16)27-2)10-12-28-20-6-4-18(5-7-20)19-9-11-22(23,14-19)15-29-30(24,25)26/h3-8,13,16,19,21H,9-12,14-15,23H2,1-2H3,(H2,24,25,26)/t16?,19-,21?,22-/m1/s1. The van der Waals surface area contributed by atoms with Crippen LogP contribution in [0.15, 0.2) is 48.1 Å². The van der Waals surface area contributed by atoms with Crippen molar-refractivity contribution < 1.29 is 28.3 Å². The van der Waals surface area contributed by atoms with Crippen LogP contribution in [0.2, 0.25) is 0 Å². The van der Waals surface area contributed by atoms with Crippen LogP contribution in [0.5, 0.6) is 5.75 Å². The van der Waals surface area contributed by atoms with Gasteiger partial charge in [0.15, 0.2) is 0 Å². The van der Waals surface area contributed by atoms with Gasteiger partial charge in [-0.25, -0.2) is 4.57 Å². The van der Waals surface area contributed by atoms with Crippen LogP contribution in [-0.4, -0.2) is 41.8 Å². The minimum atomic E-state index is -4.50. The summed E-state index contributed by atoms with van der Waals surface area (Å²) < 4.78 is 26.9. The van der Waals surface area contributed by atoms with Gasteiger partial charge in [0.25, 0.3) is 0 Å². The van der Waals surface area contributed by atoms with Gasteiger partial charge in [0.05, 0.1) is 19.3 Å². The van der Waals surface area contributed by atoms with Crippen molar-refractivity contribution in [2.45, 2.75) is 50.2 Å². The molecule has 7 nitrogen and oxygen atoms in total. The highest BCUT2D eigenvalue weighted by atomic mass is 31.2. The Morgan fingerprint density at radius 2 is 2.00 bits per heavy atom. The van der Waals surface area contributed by atoms with E-state index < -0.39 is 13.4 Å². The molecule has 0 saturated heterocycles. The number of ether oxygens (including phenoxy) is 2. The Bertz CT molecular complexity index is 817. The average molecular weight is 437 g/mol. The molecule has 0 heterocycles. The smallest absolute Gasteiger partial charge is 0.469 e. The van der Waals surface area contributed by atoms with Gasteiger partial charge < -0.3 is 25.0 Å². The van der Waals surface area contributed by atoms with Crippen LogP contribution in [0.4, 0.5) is 0 Å². The molecule has 0 amide bonds. The highest BCUT2D eigenvalue weighted by Crippen LogP contribution is 2.43. The number of benzene rings is 1. The summed E-state index contributed by atoms with van der Waals surface area (Å²) in [5, 5.41) is 0. The molecule has 2 aliphatic carbocycles. The van der Waals surface area contributed by atoms with Gasteiger partial charge in [-0.2, -0.15) is 0 Å². The average Bonchev–Trinajstić information content (AvgIpc) is 3.09. The Morgan fingerprint density at radius 3 is 2.63 bits per heavy atom. The molecular weight excluding hydrogens is 405 g/mol. The molecule has 4 N–H and O–H groups in total. The second-order valence-electron chi connectivity index (χ2n) is 8.39. The fourth-order valence-electron chi connectivity index (χ4n) is 4.25. The van der Waals surface area contributed by atoms with Crippen molar-refractivity contribution in [1.29, 1.82) is 0 Å². The second-order valence-corrected chi connectivity index (χ2v) is 9.63. The van der Waals surface area contributed by atoms with E-state index in [1.807, 2.05) is 24.3 Å². The van der Waals surface area contributed by atoms with E-state index in [2.05, 4.69) is 29.7 Å². The number of allylic oxidation sites excluding steroid dienone is 1. The van der Waals surface area contributed by atoms with Crippen molar-refractivity contribution in [3.05, 3.63) is 53.6 Å². The summed E-state index contributed by atoms with van der Waals surface area (Å²) in [6.07, 6.45) is 9.59. The summed E-state index contributed by atoms with van der Waals surface area (Å²) in [6.45, 7) is 2.62. The largest absolute Gasteiger partial charge is 0.493 e. The molecule has 4 atom stereocenters. The van der Waals surface area contributed by atoms with Gasteiger partial charge >= 0.3 is 7.82 Å². The van der Waals surface area contributed by atoms with Crippen LogP contribution in [0, 0.1) is 5.92 Å². The molecule has 0 aliphatic heterocycles. The topological polar surface area (TPSA) is 111 Å². The lowest BCUT2D eigenvalue weighted by Gasteiger charge is -2.24. The molecule has 1 aromatic rings.